The van der Waals surface area contributed by atoms with Crippen molar-refractivity contribution < 1.29 is 4.74 Å². The highest BCUT2D eigenvalue weighted by Crippen LogP contribution is 2.26. The molecule has 0 aliphatic heterocycles. The number of aromatic amines is 1. The Morgan fingerprint density at radius 3 is 2.76 bits per heavy atom. The van der Waals surface area contributed by atoms with Crippen LogP contribution in [-0.4, -0.2) is 9.97 Å². The van der Waals surface area contributed by atoms with Crippen LogP contribution >= 0.6 is 11.6 Å². The fourth-order valence-electron chi connectivity index (χ4n) is 2.27. The van der Waals surface area contributed by atoms with E-state index in [1.807, 2.05) is 38.1 Å². The molecule has 2 aromatic carbocycles. The molecule has 1 atom stereocenters. The molecule has 3 rings (SSSR count). The first-order valence-electron chi connectivity index (χ1n) is 6.92. The smallest absolute Gasteiger partial charge is 0.153 e. The van der Waals surface area contributed by atoms with E-state index in [4.69, 9.17) is 16.3 Å². The third-order valence-electron chi connectivity index (χ3n) is 3.49. The summed E-state index contributed by atoms with van der Waals surface area (Å²) in [5.41, 5.74) is 4.12. The number of hydrogen-bond donors (Lipinski definition) is 1. The number of fused-ring (bicyclic) bond motifs is 1. The first kappa shape index (κ1) is 14.0. The Balaban J connectivity index is 1.89. The molecule has 0 bridgehead atoms. The predicted octanol–water partition coefficient (Wildman–Crippen LogP) is 4.97. The van der Waals surface area contributed by atoms with Crippen molar-refractivity contribution in [1.82, 2.24) is 9.97 Å². The molecule has 0 saturated heterocycles. The summed E-state index contributed by atoms with van der Waals surface area (Å²) in [6.07, 6.45) is -0.156. The molecule has 1 heterocycles. The summed E-state index contributed by atoms with van der Waals surface area (Å²) in [6, 6.07) is 11.8. The van der Waals surface area contributed by atoms with Gasteiger partial charge >= 0.3 is 0 Å². The van der Waals surface area contributed by atoms with Gasteiger partial charge in [-0.05, 0) is 56.2 Å². The van der Waals surface area contributed by atoms with E-state index >= 15 is 0 Å². The van der Waals surface area contributed by atoms with E-state index in [9.17, 15) is 0 Å². The van der Waals surface area contributed by atoms with Crippen LogP contribution in [0.3, 0.4) is 0 Å². The summed E-state index contributed by atoms with van der Waals surface area (Å²) in [4.78, 5) is 7.83. The van der Waals surface area contributed by atoms with Crippen LogP contribution < -0.4 is 4.74 Å². The largest absolute Gasteiger partial charge is 0.483 e. The summed E-state index contributed by atoms with van der Waals surface area (Å²) in [6.45, 7) is 6.08. The number of rotatable bonds is 3. The van der Waals surface area contributed by atoms with Crippen LogP contribution in [0.4, 0.5) is 0 Å². The van der Waals surface area contributed by atoms with Crippen LogP contribution in [0.1, 0.15) is 30.0 Å². The molecule has 3 nitrogen and oxygen atoms in total. The maximum Gasteiger partial charge on any atom is 0.153 e. The van der Waals surface area contributed by atoms with Crippen molar-refractivity contribution in [3.05, 3.63) is 58.4 Å². The minimum Gasteiger partial charge on any atom is -0.483 e. The van der Waals surface area contributed by atoms with E-state index < -0.39 is 0 Å². The Morgan fingerprint density at radius 1 is 1.14 bits per heavy atom. The van der Waals surface area contributed by atoms with Gasteiger partial charge < -0.3 is 9.72 Å². The zero-order chi connectivity index (χ0) is 15.0. The molecule has 0 spiro atoms. The molecule has 0 fully saturated rings. The number of aryl methyl sites for hydroxylation is 2. The average Bonchev–Trinajstić information content (AvgIpc) is 2.86. The molecule has 0 amide bonds. The van der Waals surface area contributed by atoms with Gasteiger partial charge in [0, 0.05) is 5.02 Å². The fourth-order valence-corrected chi connectivity index (χ4v) is 2.45. The van der Waals surface area contributed by atoms with Gasteiger partial charge in [-0.25, -0.2) is 4.98 Å². The Hall–Kier alpha value is -2.00. The molecule has 0 saturated carbocycles. The lowest BCUT2D eigenvalue weighted by Crippen LogP contribution is -2.06. The Bertz CT molecular complexity index is 795. The highest BCUT2D eigenvalue weighted by atomic mass is 35.5. The number of imidazole rings is 1. The molecule has 0 aliphatic carbocycles. The zero-order valence-electron chi connectivity index (χ0n) is 12.3. The highest BCUT2D eigenvalue weighted by molar-refractivity contribution is 6.31. The maximum absolute atomic E-state index is 6.05. The van der Waals surface area contributed by atoms with Crippen molar-refractivity contribution in [3.8, 4) is 5.75 Å². The van der Waals surface area contributed by atoms with Gasteiger partial charge in [0.25, 0.3) is 0 Å². The third kappa shape index (κ3) is 2.88. The quantitative estimate of drug-likeness (QED) is 0.741. The second-order valence-electron chi connectivity index (χ2n) is 5.31. The lowest BCUT2D eigenvalue weighted by molar-refractivity contribution is 0.216. The van der Waals surface area contributed by atoms with Crippen molar-refractivity contribution in [3.63, 3.8) is 0 Å². The molecule has 108 valence electrons. The number of halogens is 1. The molecule has 3 aromatic rings. The molecular formula is C17H17ClN2O. The molecule has 1 unspecified atom stereocenters. The second-order valence-corrected chi connectivity index (χ2v) is 5.75. The molecule has 21 heavy (non-hydrogen) atoms. The Labute approximate surface area is 128 Å². The van der Waals surface area contributed by atoms with Crippen molar-refractivity contribution in [1.29, 1.82) is 0 Å². The average molecular weight is 301 g/mol. The van der Waals surface area contributed by atoms with Crippen LogP contribution in [0.5, 0.6) is 5.75 Å². The van der Waals surface area contributed by atoms with Crippen LogP contribution in [0.2, 0.25) is 5.02 Å². The van der Waals surface area contributed by atoms with Gasteiger partial charge in [-0.1, -0.05) is 23.7 Å². The summed E-state index contributed by atoms with van der Waals surface area (Å²) < 4.78 is 6.05. The van der Waals surface area contributed by atoms with E-state index in [-0.39, 0.29) is 6.10 Å². The topological polar surface area (TPSA) is 37.9 Å². The number of ether oxygens (including phenoxy) is 1. The number of H-pyrrole nitrogens is 1. The SMILES string of the molecule is Cc1ccc(C)c(OC(C)c2nc3ccc(Cl)cc3[nH]2)c1. The lowest BCUT2D eigenvalue weighted by atomic mass is 10.1. The van der Waals surface area contributed by atoms with E-state index in [0.717, 1.165) is 28.2 Å². The fraction of sp³-hybridized carbons (Fsp3) is 0.235. The van der Waals surface area contributed by atoms with E-state index in [2.05, 4.69) is 29.0 Å². The molecule has 4 heteroatoms. The maximum atomic E-state index is 6.05. The minimum atomic E-state index is -0.156. The van der Waals surface area contributed by atoms with Crippen LogP contribution in [0.25, 0.3) is 11.0 Å². The Kier molecular flexibility index (Phi) is 3.60. The van der Waals surface area contributed by atoms with E-state index in [1.54, 1.807) is 0 Å². The standard InChI is InChI=1S/C17H17ClN2O/c1-10-4-5-11(2)16(8-10)21-12(3)17-19-14-7-6-13(18)9-15(14)20-17/h4-9,12H,1-3H3,(H,19,20). The summed E-state index contributed by atoms with van der Waals surface area (Å²) in [7, 11) is 0. The molecular weight excluding hydrogens is 284 g/mol. The van der Waals surface area contributed by atoms with Crippen LogP contribution in [0.15, 0.2) is 36.4 Å². The second kappa shape index (κ2) is 5.41. The number of benzene rings is 2. The van der Waals surface area contributed by atoms with Gasteiger partial charge in [-0.2, -0.15) is 0 Å². The zero-order valence-corrected chi connectivity index (χ0v) is 13.0. The number of hydrogen-bond acceptors (Lipinski definition) is 2. The number of nitrogens with one attached hydrogen (secondary N) is 1. The molecule has 0 aliphatic rings. The Morgan fingerprint density at radius 2 is 1.95 bits per heavy atom. The van der Waals surface area contributed by atoms with Crippen molar-refractivity contribution in [2.24, 2.45) is 0 Å². The van der Waals surface area contributed by atoms with Gasteiger partial charge in [0.1, 0.15) is 11.6 Å². The van der Waals surface area contributed by atoms with E-state index in [1.165, 1.54) is 5.56 Å². The van der Waals surface area contributed by atoms with Crippen molar-refractivity contribution >= 4 is 22.6 Å². The highest BCUT2D eigenvalue weighted by Gasteiger charge is 2.14. The monoisotopic (exact) mass is 300 g/mol. The van der Waals surface area contributed by atoms with Gasteiger partial charge in [0.15, 0.2) is 6.10 Å². The van der Waals surface area contributed by atoms with Gasteiger partial charge in [-0.15, -0.1) is 0 Å². The molecule has 1 N–H and O–H groups in total. The molecule has 1 aromatic heterocycles. The number of nitrogens with zero attached hydrogens (tertiary/aromatic N) is 1. The summed E-state index contributed by atoms with van der Waals surface area (Å²) >= 11 is 6.00. The predicted molar refractivity (Wildman–Crippen MR) is 86.1 cm³/mol. The number of aromatic nitrogens is 2. The normalized spacial score (nSPS) is 12.6. The summed E-state index contributed by atoms with van der Waals surface area (Å²) in [5.74, 6) is 1.69. The van der Waals surface area contributed by atoms with Gasteiger partial charge in [0.2, 0.25) is 0 Å². The van der Waals surface area contributed by atoms with Crippen LogP contribution in [-0.2, 0) is 0 Å². The van der Waals surface area contributed by atoms with Crippen molar-refractivity contribution in [2.75, 3.05) is 0 Å². The minimum absolute atomic E-state index is 0.156. The molecule has 0 radical (unpaired) electrons. The van der Waals surface area contributed by atoms with Gasteiger partial charge in [-0.3, -0.25) is 0 Å². The first-order chi connectivity index (χ1) is 10.0. The first-order valence-corrected chi connectivity index (χ1v) is 7.30. The van der Waals surface area contributed by atoms with Gasteiger partial charge in [0.05, 0.1) is 11.0 Å². The van der Waals surface area contributed by atoms with E-state index in [0.29, 0.717) is 5.02 Å². The lowest BCUT2D eigenvalue weighted by Gasteiger charge is -2.15. The third-order valence-corrected chi connectivity index (χ3v) is 3.73. The summed E-state index contributed by atoms with van der Waals surface area (Å²) in [5, 5.41) is 0.695. The van der Waals surface area contributed by atoms with Crippen molar-refractivity contribution in [2.45, 2.75) is 26.9 Å². The van der Waals surface area contributed by atoms with Crippen LogP contribution in [0, 0.1) is 13.8 Å².